The smallest absolute Gasteiger partial charge is 0.198 e. The van der Waals surface area contributed by atoms with Crippen LogP contribution in [-0.2, 0) is 15.7 Å². The predicted octanol–water partition coefficient (Wildman–Crippen LogP) is 1.93. The Morgan fingerprint density at radius 3 is 2.35 bits per heavy atom. The molecule has 0 radical (unpaired) electrons. The first kappa shape index (κ1) is 11.9. The molecule has 2 aromatic rings. The second kappa shape index (κ2) is 4.33. The van der Waals surface area contributed by atoms with Crippen LogP contribution in [0.1, 0.15) is 11.4 Å². The fourth-order valence-corrected chi connectivity index (χ4v) is 2.97. The van der Waals surface area contributed by atoms with Crippen molar-refractivity contribution in [2.24, 2.45) is 0 Å². The van der Waals surface area contributed by atoms with Gasteiger partial charge in [0.1, 0.15) is 5.88 Å². The number of rotatable bonds is 3. The maximum absolute atomic E-state index is 12.1. The van der Waals surface area contributed by atoms with E-state index in [0.717, 1.165) is 11.4 Å². The van der Waals surface area contributed by atoms with Crippen LogP contribution in [0.3, 0.4) is 0 Å². The minimum Gasteiger partial charge on any atom is -0.254 e. The lowest BCUT2D eigenvalue weighted by Gasteiger charge is -2.06. The minimum absolute atomic E-state index is 0.114. The molecule has 0 fully saturated rings. The van der Waals surface area contributed by atoms with E-state index in [1.807, 2.05) is 19.9 Å². The Labute approximate surface area is 101 Å². The minimum atomic E-state index is -3.32. The predicted molar refractivity (Wildman–Crippen MR) is 65.3 cm³/mol. The molecule has 0 bridgehead atoms. The number of sulfone groups is 1. The molecule has 1 aromatic heterocycles. The SMILES string of the molecule is Cc1cc(C)n(CS(=O)(=O)c2ccccc2)n1. The summed E-state index contributed by atoms with van der Waals surface area (Å²) >= 11 is 0. The highest BCUT2D eigenvalue weighted by Gasteiger charge is 2.16. The zero-order valence-electron chi connectivity index (χ0n) is 9.79. The van der Waals surface area contributed by atoms with E-state index in [1.165, 1.54) is 4.68 Å². The highest BCUT2D eigenvalue weighted by Crippen LogP contribution is 2.13. The lowest BCUT2D eigenvalue weighted by molar-refractivity contribution is 0.572. The molecule has 0 amide bonds. The summed E-state index contributed by atoms with van der Waals surface area (Å²) in [4.78, 5) is 0.326. The average molecular weight is 250 g/mol. The topological polar surface area (TPSA) is 52.0 Å². The summed E-state index contributed by atoms with van der Waals surface area (Å²) in [6.45, 7) is 3.69. The van der Waals surface area contributed by atoms with Gasteiger partial charge in [-0.25, -0.2) is 8.42 Å². The largest absolute Gasteiger partial charge is 0.254 e. The van der Waals surface area contributed by atoms with Crippen molar-refractivity contribution >= 4 is 9.84 Å². The van der Waals surface area contributed by atoms with Gasteiger partial charge < -0.3 is 0 Å². The van der Waals surface area contributed by atoms with Gasteiger partial charge in [0.2, 0.25) is 0 Å². The summed E-state index contributed by atoms with van der Waals surface area (Å²) in [5.41, 5.74) is 1.67. The molecule has 0 saturated carbocycles. The normalized spacial score (nSPS) is 11.6. The second-order valence-corrected chi connectivity index (χ2v) is 5.94. The summed E-state index contributed by atoms with van der Waals surface area (Å²) in [6, 6.07) is 10.3. The number of aryl methyl sites for hydroxylation is 2. The molecule has 90 valence electrons. The Kier molecular flexibility index (Phi) is 3.02. The summed E-state index contributed by atoms with van der Waals surface area (Å²) in [6.07, 6.45) is 0. The molecule has 0 saturated heterocycles. The quantitative estimate of drug-likeness (QED) is 0.836. The Morgan fingerprint density at radius 2 is 1.82 bits per heavy atom. The first-order chi connectivity index (χ1) is 7.99. The van der Waals surface area contributed by atoms with E-state index in [2.05, 4.69) is 5.10 Å². The van der Waals surface area contributed by atoms with Crippen molar-refractivity contribution in [2.75, 3.05) is 0 Å². The first-order valence-corrected chi connectivity index (χ1v) is 6.93. The molecule has 1 heterocycles. The molecule has 0 unspecified atom stereocenters. The average Bonchev–Trinajstić information content (AvgIpc) is 2.58. The van der Waals surface area contributed by atoms with Gasteiger partial charge in [-0.3, -0.25) is 4.68 Å². The Bertz CT molecular complexity index is 615. The van der Waals surface area contributed by atoms with E-state index < -0.39 is 9.84 Å². The molecular weight excluding hydrogens is 236 g/mol. The monoisotopic (exact) mass is 250 g/mol. The van der Waals surface area contributed by atoms with E-state index in [9.17, 15) is 8.42 Å². The number of benzene rings is 1. The molecule has 0 spiro atoms. The van der Waals surface area contributed by atoms with Crippen LogP contribution in [0.4, 0.5) is 0 Å². The Morgan fingerprint density at radius 1 is 1.18 bits per heavy atom. The van der Waals surface area contributed by atoms with Gasteiger partial charge in [-0.1, -0.05) is 18.2 Å². The molecule has 0 aliphatic rings. The van der Waals surface area contributed by atoms with Gasteiger partial charge in [-0.05, 0) is 32.0 Å². The third-order valence-electron chi connectivity index (χ3n) is 2.50. The summed E-state index contributed by atoms with van der Waals surface area (Å²) in [5.74, 6) is -0.114. The van der Waals surface area contributed by atoms with E-state index in [4.69, 9.17) is 0 Å². The Balaban J connectivity index is 2.33. The van der Waals surface area contributed by atoms with Crippen LogP contribution in [-0.4, -0.2) is 18.2 Å². The van der Waals surface area contributed by atoms with Gasteiger partial charge in [0.15, 0.2) is 9.84 Å². The van der Waals surface area contributed by atoms with Crippen molar-refractivity contribution < 1.29 is 8.42 Å². The number of aromatic nitrogens is 2. The van der Waals surface area contributed by atoms with Crippen molar-refractivity contribution in [3.63, 3.8) is 0 Å². The van der Waals surface area contributed by atoms with Crippen LogP contribution in [0, 0.1) is 13.8 Å². The molecule has 0 N–H and O–H groups in total. The standard InChI is InChI=1S/C12H14N2O2S/c1-10-8-11(2)14(13-10)9-17(15,16)12-6-4-3-5-7-12/h3-8H,9H2,1-2H3. The van der Waals surface area contributed by atoms with Gasteiger partial charge in [-0.2, -0.15) is 5.10 Å². The lowest BCUT2D eigenvalue weighted by Crippen LogP contribution is -2.13. The van der Waals surface area contributed by atoms with Crippen molar-refractivity contribution in [3.8, 4) is 0 Å². The summed E-state index contributed by atoms with van der Waals surface area (Å²) in [7, 11) is -3.32. The third kappa shape index (κ3) is 2.55. The zero-order chi connectivity index (χ0) is 12.5. The molecular formula is C12H14N2O2S. The van der Waals surface area contributed by atoms with Crippen LogP contribution in [0.15, 0.2) is 41.3 Å². The molecule has 4 nitrogen and oxygen atoms in total. The molecule has 17 heavy (non-hydrogen) atoms. The fourth-order valence-electron chi connectivity index (χ4n) is 1.67. The summed E-state index contributed by atoms with van der Waals surface area (Å²) < 4.78 is 25.7. The zero-order valence-corrected chi connectivity index (χ0v) is 10.6. The van der Waals surface area contributed by atoms with Crippen LogP contribution < -0.4 is 0 Å². The van der Waals surface area contributed by atoms with E-state index in [1.54, 1.807) is 30.3 Å². The number of hydrogen-bond donors (Lipinski definition) is 0. The van der Waals surface area contributed by atoms with Crippen molar-refractivity contribution in [2.45, 2.75) is 24.6 Å². The fraction of sp³-hybridized carbons (Fsp3) is 0.250. The molecule has 5 heteroatoms. The van der Waals surface area contributed by atoms with E-state index in [-0.39, 0.29) is 5.88 Å². The third-order valence-corrected chi connectivity index (χ3v) is 4.07. The first-order valence-electron chi connectivity index (χ1n) is 5.28. The highest BCUT2D eigenvalue weighted by atomic mass is 32.2. The lowest BCUT2D eigenvalue weighted by atomic mass is 10.4. The Hall–Kier alpha value is -1.62. The van der Waals surface area contributed by atoms with Crippen molar-refractivity contribution in [3.05, 3.63) is 47.8 Å². The van der Waals surface area contributed by atoms with Crippen LogP contribution in [0.5, 0.6) is 0 Å². The van der Waals surface area contributed by atoms with E-state index in [0.29, 0.717) is 4.90 Å². The maximum atomic E-state index is 12.1. The number of nitrogens with zero attached hydrogens (tertiary/aromatic N) is 2. The highest BCUT2D eigenvalue weighted by molar-refractivity contribution is 7.90. The van der Waals surface area contributed by atoms with Gasteiger partial charge in [0.25, 0.3) is 0 Å². The number of hydrogen-bond acceptors (Lipinski definition) is 3. The van der Waals surface area contributed by atoms with Gasteiger partial charge in [0.05, 0.1) is 10.6 Å². The molecule has 0 atom stereocenters. The molecule has 1 aromatic carbocycles. The maximum Gasteiger partial charge on any atom is 0.198 e. The van der Waals surface area contributed by atoms with Crippen LogP contribution >= 0.6 is 0 Å². The van der Waals surface area contributed by atoms with Crippen LogP contribution in [0.2, 0.25) is 0 Å². The second-order valence-electron chi connectivity index (χ2n) is 3.98. The van der Waals surface area contributed by atoms with E-state index >= 15 is 0 Å². The van der Waals surface area contributed by atoms with Gasteiger partial charge in [0, 0.05) is 5.69 Å². The van der Waals surface area contributed by atoms with Crippen molar-refractivity contribution in [1.29, 1.82) is 0 Å². The molecule has 0 aliphatic heterocycles. The van der Waals surface area contributed by atoms with Gasteiger partial charge >= 0.3 is 0 Å². The van der Waals surface area contributed by atoms with Crippen LogP contribution in [0.25, 0.3) is 0 Å². The molecule has 0 aliphatic carbocycles. The van der Waals surface area contributed by atoms with Crippen molar-refractivity contribution in [1.82, 2.24) is 9.78 Å². The van der Waals surface area contributed by atoms with Gasteiger partial charge in [-0.15, -0.1) is 0 Å². The summed E-state index contributed by atoms with van der Waals surface area (Å²) in [5, 5.41) is 4.16. The molecule has 2 rings (SSSR count).